The van der Waals surface area contributed by atoms with Gasteiger partial charge in [-0.05, 0) is 43.2 Å². The number of alkyl halides is 3. The van der Waals surface area contributed by atoms with Gasteiger partial charge in [0.2, 0.25) is 0 Å². The van der Waals surface area contributed by atoms with Crippen LogP contribution in [-0.4, -0.2) is 30.0 Å². The van der Waals surface area contributed by atoms with E-state index in [1.165, 1.54) is 0 Å². The molecule has 1 N–H and O–H groups in total. The summed E-state index contributed by atoms with van der Waals surface area (Å²) in [7, 11) is 0. The summed E-state index contributed by atoms with van der Waals surface area (Å²) in [5.41, 5.74) is -2.02. The zero-order valence-corrected chi connectivity index (χ0v) is 17.5. The number of aryl methyl sites for hydroxylation is 1. The lowest BCUT2D eigenvalue weighted by Gasteiger charge is -2.13. The van der Waals surface area contributed by atoms with Crippen molar-refractivity contribution in [3.8, 4) is 5.75 Å². The highest BCUT2D eigenvalue weighted by Gasteiger charge is 2.35. The molecule has 2 aromatic rings. The number of ether oxygens (including phenoxy) is 2. The molecule has 0 atom stereocenters. The van der Waals surface area contributed by atoms with Crippen LogP contribution in [0.15, 0.2) is 36.4 Å². The number of amides is 1. The van der Waals surface area contributed by atoms with Gasteiger partial charge in [-0.2, -0.15) is 13.2 Å². The fourth-order valence-corrected chi connectivity index (χ4v) is 2.62. The van der Waals surface area contributed by atoms with Crippen LogP contribution < -0.4 is 10.1 Å². The monoisotopic (exact) mass is 474 g/mol. The summed E-state index contributed by atoms with van der Waals surface area (Å²) in [6, 6.07) is 6.97. The van der Waals surface area contributed by atoms with Gasteiger partial charge in [0.15, 0.2) is 6.61 Å². The Balaban J connectivity index is 1.80. The van der Waals surface area contributed by atoms with Gasteiger partial charge in [-0.3, -0.25) is 19.7 Å². The largest absolute Gasteiger partial charge is 0.494 e. The van der Waals surface area contributed by atoms with E-state index in [4.69, 9.17) is 21.1 Å². The smallest absolute Gasteiger partial charge is 0.418 e. The van der Waals surface area contributed by atoms with E-state index in [9.17, 15) is 32.9 Å². The van der Waals surface area contributed by atoms with Crippen molar-refractivity contribution >= 4 is 34.9 Å². The number of non-ortho nitro benzene ring substituents is 1. The number of carbonyl (C=O) groups is 2. The van der Waals surface area contributed by atoms with Crippen LogP contribution in [0.5, 0.6) is 5.75 Å². The highest BCUT2D eigenvalue weighted by Crippen LogP contribution is 2.37. The quantitative estimate of drug-likeness (QED) is 0.239. The Morgan fingerprint density at radius 3 is 2.53 bits per heavy atom. The van der Waals surface area contributed by atoms with Crippen molar-refractivity contribution in [3.63, 3.8) is 0 Å². The Bertz CT molecular complexity index is 1010. The number of nitro groups is 1. The second-order valence-electron chi connectivity index (χ2n) is 6.56. The van der Waals surface area contributed by atoms with Crippen LogP contribution in [0.25, 0.3) is 0 Å². The molecule has 172 valence electrons. The Labute approximate surface area is 185 Å². The van der Waals surface area contributed by atoms with Gasteiger partial charge in [0.05, 0.1) is 22.8 Å². The Morgan fingerprint density at radius 2 is 1.91 bits per heavy atom. The number of esters is 1. The number of hydrogen-bond acceptors (Lipinski definition) is 6. The molecule has 12 heteroatoms. The average molecular weight is 475 g/mol. The van der Waals surface area contributed by atoms with E-state index in [1.807, 2.05) is 12.2 Å². The highest BCUT2D eigenvalue weighted by atomic mass is 35.5. The van der Waals surface area contributed by atoms with Gasteiger partial charge in [0.25, 0.3) is 11.6 Å². The maximum absolute atomic E-state index is 13.1. The molecule has 32 heavy (non-hydrogen) atoms. The number of carbonyl (C=O) groups excluding carboxylic acids is 2. The Hall–Kier alpha value is -3.34. The number of halogens is 4. The fraction of sp³-hybridized carbons (Fsp3) is 0.300. The molecule has 0 aliphatic carbocycles. The van der Waals surface area contributed by atoms with Crippen molar-refractivity contribution in [2.24, 2.45) is 0 Å². The predicted octanol–water partition coefficient (Wildman–Crippen LogP) is 4.92. The zero-order chi connectivity index (χ0) is 23.9. The predicted molar refractivity (Wildman–Crippen MR) is 109 cm³/mol. The molecule has 0 unspecified atom stereocenters. The van der Waals surface area contributed by atoms with Crippen LogP contribution in [0.4, 0.5) is 24.5 Å². The van der Waals surface area contributed by atoms with E-state index < -0.39 is 46.5 Å². The van der Waals surface area contributed by atoms with Gasteiger partial charge in [-0.1, -0.05) is 11.6 Å². The van der Waals surface area contributed by atoms with Gasteiger partial charge in [0, 0.05) is 23.6 Å². The van der Waals surface area contributed by atoms with Crippen LogP contribution in [0.1, 0.15) is 24.0 Å². The molecule has 0 heterocycles. The minimum absolute atomic E-state index is 0.0782. The van der Waals surface area contributed by atoms with Gasteiger partial charge in [-0.25, -0.2) is 0 Å². The first kappa shape index (κ1) is 24.9. The molecule has 0 aromatic heterocycles. The fourth-order valence-electron chi connectivity index (χ4n) is 2.51. The van der Waals surface area contributed by atoms with Gasteiger partial charge >= 0.3 is 12.1 Å². The summed E-state index contributed by atoms with van der Waals surface area (Å²) >= 11 is 5.91. The summed E-state index contributed by atoms with van der Waals surface area (Å²) in [6.07, 6.45) is -4.73. The van der Waals surface area contributed by atoms with Gasteiger partial charge < -0.3 is 14.8 Å². The molecule has 1 amide bonds. The van der Waals surface area contributed by atoms with Crippen molar-refractivity contribution in [2.45, 2.75) is 25.9 Å². The molecule has 8 nitrogen and oxygen atoms in total. The molecule has 0 bridgehead atoms. The van der Waals surface area contributed by atoms with Crippen LogP contribution >= 0.6 is 11.6 Å². The number of nitrogens with zero attached hydrogens (tertiary/aromatic N) is 1. The van der Waals surface area contributed by atoms with E-state index >= 15 is 0 Å². The molecule has 0 aliphatic rings. The lowest BCUT2D eigenvalue weighted by Crippen LogP contribution is -2.23. The van der Waals surface area contributed by atoms with Gasteiger partial charge in [0.1, 0.15) is 5.75 Å². The molecule has 2 rings (SSSR count). The third-order valence-electron chi connectivity index (χ3n) is 4.08. The normalized spacial score (nSPS) is 11.0. The number of nitro benzene ring substituents is 1. The number of rotatable bonds is 9. The number of benzene rings is 2. The first-order valence-electron chi connectivity index (χ1n) is 9.17. The standard InChI is InChI=1S/C20H18ClF3N2O6/c1-12-9-14(5-6-16(12)21)31-8-2-3-19(28)32-11-18(27)25-17-7-4-13(26(29)30)10-15(17)20(22,23)24/h4-7,9-10H,2-3,8,11H2,1H3,(H,25,27). The third kappa shape index (κ3) is 7.41. The maximum atomic E-state index is 13.1. The first-order chi connectivity index (χ1) is 15.0. The molecule has 2 aromatic carbocycles. The zero-order valence-electron chi connectivity index (χ0n) is 16.7. The second-order valence-corrected chi connectivity index (χ2v) is 6.96. The topological polar surface area (TPSA) is 108 Å². The molecule has 0 fully saturated rings. The van der Waals surface area contributed by atoms with E-state index in [-0.39, 0.29) is 19.4 Å². The van der Waals surface area contributed by atoms with E-state index in [0.29, 0.717) is 16.8 Å². The van der Waals surface area contributed by atoms with Crippen molar-refractivity contribution in [2.75, 3.05) is 18.5 Å². The van der Waals surface area contributed by atoms with Crippen LogP contribution in [-0.2, 0) is 20.5 Å². The summed E-state index contributed by atoms with van der Waals surface area (Å²) in [4.78, 5) is 33.3. The lowest BCUT2D eigenvalue weighted by atomic mass is 10.1. The summed E-state index contributed by atoms with van der Waals surface area (Å²) in [6.45, 7) is 1.19. The van der Waals surface area contributed by atoms with Crippen molar-refractivity contribution in [1.29, 1.82) is 0 Å². The average Bonchev–Trinajstić information content (AvgIpc) is 2.71. The minimum Gasteiger partial charge on any atom is -0.494 e. The van der Waals surface area contributed by atoms with Crippen molar-refractivity contribution < 1.29 is 37.2 Å². The van der Waals surface area contributed by atoms with E-state index in [0.717, 1.165) is 17.7 Å². The summed E-state index contributed by atoms with van der Waals surface area (Å²) in [5, 5.41) is 13.2. The van der Waals surface area contributed by atoms with Crippen LogP contribution in [0.2, 0.25) is 5.02 Å². The molecule has 0 saturated carbocycles. The van der Waals surface area contributed by atoms with Crippen molar-refractivity contribution in [3.05, 3.63) is 62.7 Å². The maximum Gasteiger partial charge on any atom is 0.418 e. The second kappa shape index (κ2) is 10.8. The van der Waals surface area contributed by atoms with Crippen LogP contribution in [0.3, 0.4) is 0 Å². The molecule has 0 radical (unpaired) electrons. The highest BCUT2D eigenvalue weighted by molar-refractivity contribution is 6.31. The van der Waals surface area contributed by atoms with E-state index in [1.54, 1.807) is 18.2 Å². The van der Waals surface area contributed by atoms with E-state index in [2.05, 4.69) is 0 Å². The molecule has 0 spiro atoms. The van der Waals surface area contributed by atoms with Crippen molar-refractivity contribution in [1.82, 2.24) is 0 Å². The van der Waals surface area contributed by atoms with Crippen LogP contribution in [0, 0.1) is 17.0 Å². The third-order valence-corrected chi connectivity index (χ3v) is 4.51. The minimum atomic E-state index is -4.94. The number of nitrogens with one attached hydrogen (secondary N) is 1. The van der Waals surface area contributed by atoms with Gasteiger partial charge in [-0.15, -0.1) is 0 Å². The molecule has 0 saturated heterocycles. The Kier molecular flexibility index (Phi) is 8.41. The lowest BCUT2D eigenvalue weighted by molar-refractivity contribution is -0.385. The summed E-state index contributed by atoms with van der Waals surface area (Å²) < 4.78 is 49.6. The summed E-state index contributed by atoms with van der Waals surface area (Å²) in [5.74, 6) is -1.19. The Morgan fingerprint density at radius 1 is 1.19 bits per heavy atom. The molecular formula is C20H18ClF3N2O6. The molecule has 0 aliphatic heterocycles. The number of hydrogen-bond donors (Lipinski definition) is 1. The SMILES string of the molecule is Cc1cc(OCCCC(=O)OCC(=O)Nc2ccc([N+](=O)[O-])cc2C(F)(F)F)ccc1Cl. The molecular weight excluding hydrogens is 457 g/mol. The number of anilines is 1. The first-order valence-corrected chi connectivity index (χ1v) is 9.55.